The molecule has 3 rings (SSSR count). The van der Waals surface area contributed by atoms with E-state index >= 15 is 0 Å². The average molecular weight is 328 g/mol. The molecule has 1 N–H and O–H groups in total. The molecule has 1 unspecified atom stereocenters. The van der Waals surface area contributed by atoms with Crippen molar-refractivity contribution in [3.8, 4) is 0 Å². The normalized spacial score (nSPS) is 21.5. The van der Waals surface area contributed by atoms with Crippen molar-refractivity contribution in [3.05, 3.63) is 35.4 Å². The maximum Gasteiger partial charge on any atom is 0.225 e. The van der Waals surface area contributed by atoms with Gasteiger partial charge in [-0.2, -0.15) is 0 Å². The van der Waals surface area contributed by atoms with Gasteiger partial charge in [0.25, 0.3) is 0 Å². The van der Waals surface area contributed by atoms with Gasteiger partial charge in [-0.15, -0.1) is 0 Å². The molecule has 1 aromatic carbocycles. The third-order valence-electron chi connectivity index (χ3n) is 5.36. The first kappa shape index (κ1) is 17.0. The Bertz CT molecular complexity index is 603. The van der Waals surface area contributed by atoms with Gasteiger partial charge in [0.05, 0.1) is 6.04 Å². The molecule has 4 nitrogen and oxygen atoms in total. The Kier molecular flexibility index (Phi) is 5.22. The summed E-state index contributed by atoms with van der Waals surface area (Å²) in [5, 5.41) is 3.27. The van der Waals surface area contributed by atoms with Gasteiger partial charge in [0, 0.05) is 24.9 Å². The molecule has 24 heavy (non-hydrogen) atoms. The first-order valence-electron chi connectivity index (χ1n) is 9.23. The standard InChI is InChI=1S/C20H28N2O2/c1-14(2)20(24)22-12-10-16(11-13-22)19(23)21-18-9-5-7-15-6-3-4-8-17(15)18/h3-4,6,8,14,16,18H,5,7,9-13H2,1-2H3,(H,21,23). The Morgan fingerprint density at radius 1 is 1.12 bits per heavy atom. The average Bonchev–Trinajstić information content (AvgIpc) is 2.61. The van der Waals surface area contributed by atoms with Gasteiger partial charge in [-0.3, -0.25) is 9.59 Å². The number of hydrogen-bond donors (Lipinski definition) is 1. The fraction of sp³-hybridized carbons (Fsp3) is 0.600. The summed E-state index contributed by atoms with van der Waals surface area (Å²) in [7, 11) is 0. The lowest BCUT2D eigenvalue weighted by Gasteiger charge is -2.34. The molecule has 2 amide bonds. The number of nitrogens with one attached hydrogen (secondary N) is 1. The zero-order chi connectivity index (χ0) is 17.1. The van der Waals surface area contributed by atoms with Crippen LogP contribution in [-0.2, 0) is 16.0 Å². The van der Waals surface area contributed by atoms with E-state index in [1.54, 1.807) is 0 Å². The Balaban J connectivity index is 1.57. The second-order valence-corrected chi connectivity index (χ2v) is 7.41. The van der Waals surface area contributed by atoms with E-state index in [9.17, 15) is 9.59 Å². The van der Waals surface area contributed by atoms with Crippen molar-refractivity contribution in [1.29, 1.82) is 0 Å². The van der Waals surface area contributed by atoms with Crippen LogP contribution in [0.2, 0.25) is 0 Å². The van der Waals surface area contributed by atoms with E-state index in [-0.39, 0.29) is 29.7 Å². The number of piperidine rings is 1. The molecule has 1 saturated heterocycles. The number of carbonyl (C=O) groups is 2. The molecule has 1 aromatic rings. The summed E-state index contributed by atoms with van der Waals surface area (Å²) in [5.74, 6) is 0.438. The fourth-order valence-corrected chi connectivity index (χ4v) is 3.92. The first-order chi connectivity index (χ1) is 11.6. The van der Waals surface area contributed by atoms with Crippen LogP contribution in [0.5, 0.6) is 0 Å². The number of nitrogens with zero attached hydrogens (tertiary/aromatic N) is 1. The summed E-state index contributed by atoms with van der Waals surface area (Å²) in [4.78, 5) is 26.6. The molecule has 2 aliphatic rings. The Labute approximate surface area is 144 Å². The highest BCUT2D eigenvalue weighted by Gasteiger charge is 2.30. The molecule has 1 aliphatic carbocycles. The van der Waals surface area contributed by atoms with Gasteiger partial charge in [0.2, 0.25) is 11.8 Å². The molecule has 1 fully saturated rings. The summed E-state index contributed by atoms with van der Waals surface area (Å²) >= 11 is 0. The number of hydrogen-bond acceptors (Lipinski definition) is 2. The minimum atomic E-state index is 0.0362. The summed E-state index contributed by atoms with van der Waals surface area (Å²) in [6.07, 6.45) is 4.81. The molecule has 0 spiro atoms. The maximum absolute atomic E-state index is 12.7. The van der Waals surface area contributed by atoms with E-state index in [0.29, 0.717) is 13.1 Å². The minimum Gasteiger partial charge on any atom is -0.349 e. The predicted octanol–water partition coefficient (Wildman–Crippen LogP) is 3.07. The van der Waals surface area contributed by atoms with Gasteiger partial charge < -0.3 is 10.2 Å². The number of fused-ring (bicyclic) bond motifs is 1. The van der Waals surface area contributed by atoms with Crippen molar-refractivity contribution in [2.45, 2.75) is 52.0 Å². The number of aryl methyl sites for hydroxylation is 1. The van der Waals surface area contributed by atoms with Crippen LogP contribution in [0.3, 0.4) is 0 Å². The molecule has 4 heteroatoms. The Morgan fingerprint density at radius 2 is 1.83 bits per heavy atom. The van der Waals surface area contributed by atoms with Crippen LogP contribution in [-0.4, -0.2) is 29.8 Å². The van der Waals surface area contributed by atoms with E-state index in [0.717, 1.165) is 32.1 Å². The van der Waals surface area contributed by atoms with Crippen molar-refractivity contribution in [2.75, 3.05) is 13.1 Å². The summed E-state index contributed by atoms with van der Waals surface area (Å²) < 4.78 is 0. The zero-order valence-electron chi connectivity index (χ0n) is 14.8. The highest BCUT2D eigenvalue weighted by Crippen LogP contribution is 2.30. The topological polar surface area (TPSA) is 49.4 Å². The van der Waals surface area contributed by atoms with Gasteiger partial charge in [-0.25, -0.2) is 0 Å². The molecule has 1 aliphatic heterocycles. The van der Waals surface area contributed by atoms with Crippen LogP contribution >= 0.6 is 0 Å². The third kappa shape index (κ3) is 3.63. The second kappa shape index (κ2) is 7.37. The second-order valence-electron chi connectivity index (χ2n) is 7.41. The van der Waals surface area contributed by atoms with E-state index in [1.165, 1.54) is 11.1 Å². The Hall–Kier alpha value is -1.84. The van der Waals surface area contributed by atoms with Crippen molar-refractivity contribution in [3.63, 3.8) is 0 Å². The maximum atomic E-state index is 12.7. The lowest BCUT2D eigenvalue weighted by atomic mass is 9.87. The lowest BCUT2D eigenvalue weighted by molar-refractivity contribution is -0.138. The summed E-state index contributed by atoms with van der Waals surface area (Å²) in [6, 6.07) is 8.59. The molecule has 0 radical (unpaired) electrons. The SMILES string of the molecule is CC(C)C(=O)N1CCC(C(=O)NC2CCCc3ccccc32)CC1. The van der Waals surface area contributed by atoms with Gasteiger partial charge in [0.1, 0.15) is 0 Å². The first-order valence-corrected chi connectivity index (χ1v) is 9.23. The lowest BCUT2D eigenvalue weighted by Crippen LogP contribution is -2.45. The van der Waals surface area contributed by atoms with Gasteiger partial charge in [-0.1, -0.05) is 38.1 Å². The smallest absolute Gasteiger partial charge is 0.225 e. The highest BCUT2D eigenvalue weighted by atomic mass is 16.2. The van der Waals surface area contributed by atoms with Crippen LogP contribution in [0.25, 0.3) is 0 Å². The van der Waals surface area contributed by atoms with Crippen molar-refractivity contribution in [1.82, 2.24) is 10.2 Å². The van der Waals surface area contributed by atoms with E-state index < -0.39 is 0 Å². The molecule has 1 heterocycles. The zero-order valence-corrected chi connectivity index (χ0v) is 14.8. The highest BCUT2D eigenvalue weighted by molar-refractivity contribution is 5.81. The number of rotatable bonds is 3. The molecular weight excluding hydrogens is 300 g/mol. The van der Waals surface area contributed by atoms with Gasteiger partial charge in [-0.05, 0) is 43.2 Å². The monoisotopic (exact) mass is 328 g/mol. The van der Waals surface area contributed by atoms with Crippen molar-refractivity contribution < 1.29 is 9.59 Å². The van der Waals surface area contributed by atoms with Gasteiger partial charge >= 0.3 is 0 Å². The fourth-order valence-electron chi connectivity index (χ4n) is 3.92. The summed E-state index contributed by atoms with van der Waals surface area (Å²) in [5.41, 5.74) is 2.65. The largest absolute Gasteiger partial charge is 0.349 e. The molecule has 0 aromatic heterocycles. The predicted molar refractivity (Wildman–Crippen MR) is 94.4 cm³/mol. The Morgan fingerprint density at radius 3 is 2.54 bits per heavy atom. The van der Waals surface area contributed by atoms with Crippen LogP contribution < -0.4 is 5.32 Å². The van der Waals surface area contributed by atoms with E-state index in [2.05, 4.69) is 29.6 Å². The van der Waals surface area contributed by atoms with Crippen LogP contribution in [0.1, 0.15) is 56.7 Å². The number of amides is 2. The molecule has 0 bridgehead atoms. The van der Waals surface area contributed by atoms with Crippen molar-refractivity contribution >= 4 is 11.8 Å². The number of benzene rings is 1. The number of carbonyl (C=O) groups excluding carboxylic acids is 2. The van der Waals surface area contributed by atoms with E-state index in [1.807, 2.05) is 18.7 Å². The molecule has 130 valence electrons. The third-order valence-corrected chi connectivity index (χ3v) is 5.36. The number of likely N-dealkylation sites (tertiary alicyclic amines) is 1. The quantitative estimate of drug-likeness (QED) is 0.927. The van der Waals surface area contributed by atoms with Crippen LogP contribution in [0.4, 0.5) is 0 Å². The van der Waals surface area contributed by atoms with Gasteiger partial charge in [0.15, 0.2) is 0 Å². The summed E-state index contributed by atoms with van der Waals surface area (Å²) in [6.45, 7) is 5.27. The minimum absolute atomic E-state index is 0.0362. The molecule has 0 saturated carbocycles. The van der Waals surface area contributed by atoms with Crippen LogP contribution in [0, 0.1) is 11.8 Å². The molecular formula is C20H28N2O2. The molecule has 1 atom stereocenters. The van der Waals surface area contributed by atoms with Crippen molar-refractivity contribution in [2.24, 2.45) is 11.8 Å². The van der Waals surface area contributed by atoms with E-state index in [4.69, 9.17) is 0 Å². The van der Waals surface area contributed by atoms with Crippen LogP contribution in [0.15, 0.2) is 24.3 Å².